The van der Waals surface area contributed by atoms with Crippen molar-refractivity contribution in [3.63, 3.8) is 0 Å². The Morgan fingerprint density at radius 2 is 1.93 bits per heavy atom. The molecule has 1 aromatic heterocycles. The fourth-order valence-electron chi connectivity index (χ4n) is 4.76. The lowest BCUT2D eigenvalue weighted by molar-refractivity contribution is 0.120. The first-order chi connectivity index (χ1) is 13.7. The third kappa shape index (κ3) is 3.78. The second-order valence-corrected chi connectivity index (χ2v) is 8.70. The summed E-state index contributed by atoms with van der Waals surface area (Å²) in [5, 5.41) is 0. The molecule has 0 spiro atoms. The summed E-state index contributed by atoms with van der Waals surface area (Å²) in [4.78, 5) is 17.3. The van der Waals surface area contributed by atoms with Crippen molar-refractivity contribution in [3.05, 3.63) is 52.8 Å². The average Bonchev–Trinajstić information content (AvgIpc) is 2.67. The Balaban J connectivity index is 1.21. The van der Waals surface area contributed by atoms with Gasteiger partial charge < -0.3 is 4.90 Å². The molecule has 148 valence electrons. The first-order valence-electron chi connectivity index (χ1n) is 10.9. The average molecular weight is 378 g/mol. The Morgan fingerprint density at radius 3 is 2.68 bits per heavy atom. The molecule has 3 aliphatic rings. The van der Waals surface area contributed by atoms with Crippen LogP contribution in [0.15, 0.2) is 30.5 Å². The summed E-state index contributed by atoms with van der Waals surface area (Å²) in [6, 6.07) is 9.69. The van der Waals surface area contributed by atoms with Crippen LogP contribution in [0.2, 0.25) is 0 Å². The molecule has 0 atom stereocenters. The van der Waals surface area contributed by atoms with E-state index in [0.717, 1.165) is 64.2 Å². The molecule has 5 nitrogen and oxygen atoms in total. The fraction of sp³-hybridized carbons (Fsp3) is 0.565. The van der Waals surface area contributed by atoms with Gasteiger partial charge in [0.1, 0.15) is 0 Å². The quantitative estimate of drug-likeness (QED) is 0.818. The number of piperazine rings is 1. The highest BCUT2D eigenvalue weighted by atomic mass is 15.3. The summed E-state index contributed by atoms with van der Waals surface area (Å²) in [5.74, 6) is 0.944. The van der Waals surface area contributed by atoms with E-state index in [2.05, 4.69) is 52.1 Å². The zero-order valence-corrected chi connectivity index (χ0v) is 17.0. The van der Waals surface area contributed by atoms with Crippen LogP contribution in [0.25, 0.3) is 0 Å². The topological polar surface area (TPSA) is 35.5 Å². The van der Waals surface area contributed by atoms with Gasteiger partial charge in [-0.15, -0.1) is 0 Å². The summed E-state index contributed by atoms with van der Waals surface area (Å²) in [6.07, 6.45) is 7.32. The van der Waals surface area contributed by atoms with E-state index in [1.54, 1.807) is 0 Å². The maximum atomic E-state index is 4.97. The number of aromatic nitrogens is 2. The molecule has 0 unspecified atom stereocenters. The fourth-order valence-corrected chi connectivity index (χ4v) is 4.76. The summed E-state index contributed by atoms with van der Waals surface area (Å²) in [6.45, 7) is 9.66. The zero-order valence-electron chi connectivity index (χ0n) is 17.0. The summed E-state index contributed by atoms with van der Waals surface area (Å²) < 4.78 is 0. The van der Waals surface area contributed by atoms with Gasteiger partial charge in [-0.05, 0) is 25.3 Å². The van der Waals surface area contributed by atoms with Crippen molar-refractivity contribution >= 4 is 5.95 Å². The van der Waals surface area contributed by atoms with Crippen molar-refractivity contribution in [1.29, 1.82) is 0 Å². The summed E-state index contributed by atoms with van der Waals surface area (Å²) >= 11 is 0. The van der Waals surface area contributed by atoms with Gasteiger partial charge in [-0.25, -0.2) is 9.97 Å². The van der Waals surface area contributed by atoms with Crippen LogP contribution in [0.1, 0.15) is 41.6 Å². The van der Waals surface area contributed by atoms with Gasteiger partial charge >= 0.3 is 0 Å². The number of nitrogens with zero attached hydrogens (tertiary/aromatic N) is 5. The van der Waals surface area contributed by atoms with Gasteiger partial charge in [0.05, 0.1) is 5.69 Å². The highest BCUT2D eigenvalue weighted by Gasteiger charge is 2.29. The third-order valence-electron chi connectivity index (χ3n) is 6.68. The SMILES string of the molecule is Cc1cccc(CN2CCc3nc(N4CCN(C5CCC5)CC4)ncc3C2)c1. The molecule has 5 rings (SSSR count). The normalized spacial score (nSPS) is 21.4. The Bertz CT molecular complexity index is 823. The lowest BCUT2D eigenvalue weighted by Gasteiger charge is -2.43. The Morgan fingerprint density at radius 1 is 1.07 bits per heavy atom. The monoisotopic (exact) mass is 377 g/mol. The molecular weight excluding hydrogens is 346 g/mol. The molecule has 2 fully saturated rings. The molecule has 2 aromatic rings. The van der Waals surface area contributed by atoms with E-state index in [1.807, 2.05) is 0 Å². The van der Waals surface area contributed by atoms with Gasteiger partial charge in [0.2, 0.25) is 5.95 Å². The van der Waals surface area contributed by atoms with E-state index in [0.29, 0.717) is 0 Å². The molecule has 1 saturated heterocycles. The van der Waals surface area contributed by atoms with Gasteiger partial charge in [-0.3, -0.25) is 9.80 Å². The number of aryl methyl sites for hydroxylation is 1. The molecule has 1 aliphatic carbocycles. The standard InChI is InChI=1S/C23H31N5/c1-18-4-2-5-19(14-18)16-26-9-8-22-20(17-26)15-24-23(25-22)28-12-10-27(11-13-28)21-6-3-7-21/h2,4-5,14-15,21H,3,6-13,16-17H2,1H3. The first-order valence-corrected chi connectivity index (χ1v) is 10.9. The van der Waals surface area contributed by atoms with Crippen LogP contribution in [-0.2, 0) is 19.5 Å². The van der Waals surface area contributed by atoms with Crippen LogP contribution < -0.4 is 4.90 Å². The Hall–Kier alpha value is -1.98. The lowest BCUT2D eigenvalue weighted by Crippen LogP contribution is -2.52. The molecule has 1 saturated carbocycles. The van der Waals surface area contributed by atoms with Crippen LogP contribution in [0, 0.1) is 6.92 Å². The minimum absolute atomic E-state index is 0.853. The summed E-state index contributed by atoms with van der Waals surface area (Å²) in [5.41, 5.74) is 5.29. The maximum Gasteiger partial charge on any atom is 0.225 e. The molecule has 5 heteroatoms. The highest BCUT2D eigenvalue weighted by molar-refractivity contribution is 5.35. The molecule has 0 bridgehead atoms. The molecule has 2 aliphatic heterocycles. The van der Waals surface area contributed by atoms with Crippen molar-refractivity contribution in [3.8, 4) is 0 Å². The molecule has 28 heavy (non-hydrogen) atoms. The van der Waals surface area contributed by atoms with Crippen LogP contribution >= 0.6 is 0 Å². The Labute approximate surface area is 168 Å². The Kier molecular flexibility index (Phi) is 5.03. The molecular formula is C23H31N5. The maximum absolute atomic E-state index is 4.97. The second-order valence-electron chi connectivity index (χ2n) is 8.70. The van der Waals surface area contributed by atoms with Crippen LogP contribution in [0.3, 0.4) is 0 Å². The number of rotatable bonds is 4. The largest absolute Gasteiger partial charge is 0.338 e. The molecule has 1 aromatic carbocycles. The van der Waals surface area contributed by atoms with E-state index < -0.39 is 0 Å². The van der Waals surface area contributed by atoms with Crippen molar-refractivity contribution in [2.75, 3.05) is 37.6 Å². The van der Waals surface area contributed by atoms with Crippen molar-refractivity contribution in [2.45, 2.75) is 51.7 Å². The van der Waals surface area contributed by atoms with E-state index in [-0.39, 0.29) is 0 Å². The number of anilines is 1. The third-order valence-corrected chi connectivity index (χ3v) is 6.68. The van der Waals surface area contributed by atoms with E-state index in [4.69, 9.17) is 9.97 Å². The number of hydrogen-bond acceptors (Lipinski definition) is 5. The number of fused-ring (bicyclic) bond motifs is 1. The van der Waals surface area contributed by atoms with Gasteiger partial charge in [0, 0.05) is 70.0 Å². The van der Waals surface area contributed by atoms with Gasteiger partial charge in [-0.1, -0.05) is 36.2 Å². The predicted molar refractivity (Wildman–Crippen MR) is 112 cm³/mol. The smallest absolute Gasteiger partial charge is 0.225 e. The van der Waals surface area contributed by atoms with Crippen LogP contribution in [-0.4, -0.2) is 58.5 Å². The molecule has 3 heterocycles. The molecule has 0 N–H and O–H groups in total. The number of benzene rings is 1. The van der Waals surface area contributed by atoms with Gasteiger partial charge in [-0.2, -0.15) is 0 Å². The molecule has 0 radical (unpaired) electrons. The van der Waals surface area contributed by atoms with Crippen LogP contribution in [0.4, 0.5) is 5.95 Å². The highest BCUT2D eigenvalue weighted by Crippen LogP contribution is 2.27. The van der Waals surface area contributed by atoms with Gasteiger partial charge in [0.15, 0.2) is 0 Å². The van der Waals surface area contributed by atoms with E-state index >= 15 is 0 Å². The predicted octanol–water partition coefficient (Wildman–Crippen LogP) is 3.02. The van der Waals surface area contributed by atoms with Crippen molar-refractivity contribution < 1.29 is 0 Å². The zero-order chi connectivity index (χ0) is 18.9. The van der Waals surface area contributed by atoms with Crippen LogP contribution in [0.5, 0.6) is 0 Å². The number of hydrogen-bond donors (Lipinski definition) is 0. The minimum atomic E-state index is 0.853. The van der Waals surface area contributed by atoms with Crippen molar-refractivity contribution in [1.82, 2.24) is 19.8 Å². The molecule has 0 amide bonds. The lowest BCUT2D eigenvalue weighted by atomic mass is 9.91. The van der Waals surface area contributed by atoms with Crippen molar-refractivity contribution in [2.24, 2.45) is 0 Å². The van der Waals surface area contributed by atoms with E-state index in [9.17, 15) is 0 Å². The minimum Gasteiger partial charge on any atom is -0.338 e. The second kappa shape index (κ2) is 7.80. The first kappa shape index (κ1) is 18.1. The van der Waals surface area contributed by atoms with Gasteiger partial charge in [0.25, 0.3) is 0 Å². The summed E-state index contributed by atoms with van der Waals surface area (Å²) in [7, 11) is 0. The van der Waals surface area contributed by atoms with E-state index in [1.165, 1.54) is 41.6 Å².